The molecule has 0 radical (unpaired) electrons. The van der Waals surface area contributed by atoms with Crippen LogP contribution < -0.4 is 10.2 Å². The van der Waals surface area contributed by atoms with Crippen molar-refractivity contribution in [2.75, 3.05) is 51.2 Å². The van der Waals surface area contributed by atoms with Gasteiger partial charge in [-0.15, -0.1) is 0 Å². The molecule has 0 unspecified atom stereocenters. The van der Waals surface area contributed by atoms with Gasteiger partial charge in [0.1, 0.15) is 0 Å². The minimum atomic E-state index is 0.00729. The first-order chi connectivity index (χ1) is 13.7. The summed E-state index contributed by atoms with van der Waals surface area (Å²) in [6.45, 7) is 11.4. The van der Waals surface area contributed by atoms with Crippen LogP contribution in [0.2, 0.25) is 0 Å². The lowest BCUT2D eigenvalue weighted by atomic mass is 9.91. The molecule has 1 aromatic rings. The zero-order valence-corrected chi connectivity index (χ0v) is 18.4. The Morgan fingerprint density at radius 3 is 2.24 bits per heavy atom. The fourth-order valence-electron chi connectivity index (χ4n) is 4.14. The zero-order valence-electron chi connectivity index (χ0n) is 18.4. The normalized spacial score (nSPS) is 19.3. The van der Waals surface area contributed by atoms with Gasteiger partial charge in [-0.05, 0) is 37.4 Å². The summed E-state index contributed by atoms with van der Waals surface area (Å²) in [5.74, 6) is 0.274. The summed E-state index contributed by atoms with van der Waals surface area (Å²) >= 11 is 0. The van der Waals surface area contributed by atoms with Gasteiger partial charge >= 0.3 is 0 Å². The molecular weight excluding hydrogens is 364 g/mol. The van der Waals surface area contributed by atoms with Crippen molar-refractivity contribution >= 4 is 17.5 Å². The van der Waals surface area contributed by atoms with Crippen LogP contribution in [0.3, 0.4) is 0 Å². The van der Waals surface area contributed by atoms with Crippen LogP contribution in [-0.4, -0.2) is 74.0 Å². The Morgan fingerprint density at radius 1 is 1.00 bits per heavy atom. The number of hydrogen-bond donors (Lipinski definition) is 1. The van der Waals surface area contributed by atoms with Gasteiger partial charge in [0.25, 0.3) is 5.91 Å². The highest BCUT2D eigenvalue weighted by Crippen LogP contribution is 2.26. The van der Waals surface area contributed by atoms with Crippen molar-refractivity contribution in [2.45, 2.75) is 46.1 Å². The van der Waals surface area contributed by atoms with E-state index in [0.29, 0.717) is 6.42 Å². The van der Waals surface area contributed by atoms with Gasteiger partial charge in [0, 0.05) is 57.4 Å². The molecule has 0 aromatic heterocycles. The molecule has 0 spiro atoms. The Kier molecular flexibility index (Phi) is 6.83. The first-order valence-corrected chi connectivity index (χ1v) is 10.8. The average molecular weight is 401 g/mol. The monoisotopic (exact) mass is 400 g/mol. The van der Waals surface area contributed by atoms with E-state index in [1.54, 1.807) is 0 Å². The Balaban J connectivity index is 1.60. The Labute approximate surface area is 175 Å². The average Bonchev–Trinajstić information content (AvgIpc) is 2.67. The molecule has 6 heteroatoms. The van der Waals surface area contributed by atoms with E-state index in [2.05, 4.69) is 49.0 Å². The predicted molar refractivity (Wildman–Crippen MR) is 117 cm³/mol. The van der Waals surface area contributed by atoms with Gasteiger partial charge in [-0.3, -0.25) is 9.59 Å². The number of hydrogen-bond acceptors (Lipinski definition) is 4. The number of anilines is 1. The van der Waals surface area contributed by atoms with Crippen molar-refractivity contribution < 1.29 is 9.59 Å². The van der Waals surface area contributed by atoms with Crippen molar-refractivity contribution in [2.24, 2.45) is 5.41 Å². The van der Waals surface area contributed by atoms with E-state index in [-0.39, 0.29) is 23.3 Å². The Hall–Kier alpha value is -2.08. The van der Waals surface area contributed by atoms with E-state index in [4.69, 9.17) is 0 Å². The smallest absolute Gasteiger partial charge is 0.256 e. The van der Waals surface area contributed by atoms with Gasteiger partial charge in [0.15, 0.2) is 0 Å². The molecule has 0 saturated carbocycles. The van der Waals surface area contributed by atoms with Crippen LogP contribution in [0.25, 0.3) is 0 Å². The van der Waals surface area contributed by atoms with Gasteiger partial charge in [0.2, 0.25) is 5.91 Å². The number of nitrogens with one attached hydrogen (secondary N) is 1. The molecule has 2 aliphatic heterocycles. The van der Waals surface area contributed by atoms with Crippen LogP contribution in [0.15, 0.2) is 24.3 Å². The molecule has 6 nitrogen and oxygen atoms in total. The summed E-state index contributed by atoms with van der Waals surface area (Å²) in [6.07, 6.45) is 2.37. The number of carbonyl (C=O) groups excluding carboxylic acids is 2. The number of amides is 2. The van der Waals surface area contributed by atoms with Crippen molar-refractivity contribution in [1.82, 2.24) is 15.1 Å². The number of piperazine rings is 1. The molecule has 2 fully saturated rings. The molecule has 2 saturated heterocycles. The molecule has 0 atom stereocenters. The topological polar surface area (TPSA) is 55.9 Å². The molecule has 0 aliphatic carbocycles. The summed E-state index contributed by atoms with van der Waals surface area (Å²) < 4.78 is 0. The number of rotatable bonds is 4. The molecule has 2 amide bonds. The lowest BCUT2D eigenvalue weighted by molar-refractivity contribution is -0.123. The number of carbonyl (C=O) groups is 2. The molecule has 2 heterocycles. The molecular formula is C23H36N4O2. The summed E-state index contributed by atoms with van der Waals surface area (Å²) in [7, 11) is 2.10. The minimum absolute atomic E-state index is 0.00729. The fraction of sp³-hybridized carbons (Fsp3) is 0.652. The van der Waals surface area contributed by atoms with E-state index in [1.165, 1.54) is 0 Å². The van der Waals surface area contributed by atoms with Crippen molar-refractivity contribution in [3.63, 3.8) is 0 Å². The second-order valence-corrected chi connectivity index (χ2v) is 9.68. The largest absolute Gasteiger partial charge is 0.371 e. The van der Waals surface area contributed by atoms with Crippen molar-refractivity contribution in [3.05, 3.63) is 29.8 Å². The summed E-state index contributed by atoms with van der Waals surface area (Å²) in [5, 5.41) is 3.20. The van der Waals surface area contributed by atoms with E-state index < -0.39 is 0 Å². The SMILES string of the molecule is CN1CCN(C(=O)c2ccccc2N2CCC(NC(=O)CC(C)(C)C)CC2)CC1. The van der Waals surface area contributed by atoms with Gasteiger partial charge in [-0.1, -0.05) is 32.9 Å². The second-order valence-electron chi connectivity index (χ2n) is 9.68. The molecule has 0 bridgehead atoms. The summed E-state index contributed by atoms with van der Waals surface area (Å²) in [6, 6.07) is 8.19. The summed E-state index contributed by atoms with van der Waals surface area (Å²) in [4.78, 5) is 31.9. The van der Waals surface area contributed by atoms with Crippen LogP contribution in [0, 0.1) is 5.41 Å². The van der Waals surface area contributed by atoms with Crippen molar-refractivity contribution in [3.8, 4) is 0 Å². The van der Waals surface area contributed by atoms with Gasteiger partial charge in [-0.2, -0.15) is 0 Å². The number of nitrogens with zero attached hydrogens (tertiary/aromatic N) is 3. The predicted octanol–water partition coefficient (Wildman–Crippen LogP) is 2.60. The maximum absolute atomic E-state index is 13.1. The zero-order chi connectivity index (χ0) is 21.0. The van der Waals surface area contributed by atoms with Crippen LogP contribution in [0.5, 0.6) is 0 Å². The third kappa shape index (κ3) is 5.95. The van der Waals surface area contributed by atoms with Gasteiger partial charge in [-0.25, -0.2) is 0 Å². The molecule has 1 aromatic carbocycles. The Morgan fingerprint density at radius 2 is 1.62 bits per heavy atom. The fourth-order valence-corrected chi connectivity index (χ4v) is 4.14. The molecule has 1 N–H and O–H groups in total. The minimum Gasteiger partial charge on any atom is -0.371 e. The van der Waals surface area contributed by atoms with Gasteiger partial charge in [0.05, 0.1) is 5.56 Å². The maximum atomic E-state index is 13.1. The van der Waals surface area contributed by atoms with Crippen LogP contribution >= 0.6 is 0 Å². The summed E-state index contributed by atoms with van der Waals surface area (Å²) in [5.41, 5.74) is 1.83. The highest BCUT2D eigenvalue weighted by molar-refractivity contribution is 6.00. The maximum Gasteiger partial charge on any atom is 0.256 e. The first-order valence-electron chi connectivity index (χ1n) is 10.8. The first kappa shape index (κ1) is 21.6. The molecule has 2 aliphatic rings. The molecule has 3 rings (SSSR count). The van der Waals surface area contributed by atoms with Crippen LogP contribution in [-0.2, 0) is 4.79 Å². The standard InChI is InChI=1S/C23H36N4O2/c1-23(2,3)17-21(28)24-18-9-11-26(12-10-18)20-8-6-5-7-19(20)22(29)27-15-13-25(4)14-16-27/h5-8,18H,9-17H2,1-4H3,(H,24,28). The van der Waals surface area contributed by atoms with Crippen LogP contribution in [0.4, 0.5) is 5.69 Å². The van der Waals surface area contributed by atoms with Gasteiger partial charge < -0.3 is 20.0 Å². The van der Waals surface area contributed by atoms with Crippen LogP contribution in [0.1, 0.15) is 50.4 Å². The highest BCUT2D eigenvalue weighted by Gasteiger charge is 2.27. The third-order valence-electron chi connectivity index (χ3n) is 5.82. The van der Waals surface area contributed by atoms with E-state index in [1.807, 2.05) is 23.1 Å². The second kappa shape index (κ2) is 9.16. The highest BCUT2D eigenvalue weighted by atomic mass is 16.2. The lowest BCUT2D eigenvalue weighted by Crippen LogP contribution is -2.48. The van der Waals surface area contributed by atoms with Crippen molar-refractivity contribution in [1.29, 1.82) is 0 Å². The van der Waals surface area contributed by atoms with E-state index in [9.17, 15) is 9.59 Å². The molecule has 160 valence electrons. The lowest BCUT2D eigenvalue weighted by Gasteiger charge is -2.37. The Bertz CT molecular complexity index is 712. The number of para-hydroxylation sites is 1. The molecule has 29 heavy (non-hydrogen) atoms. The third-order valence-corrected chi connectivity index (χ3v) is 5.82. The van der Waals surface area contributed by atoms with E-state index in [0.717, 1.165) is 63.4 Å². The number of likely N-dealkylation sites (N-methyl/N-ethyl adjacent to an activating group) is 1. The number of benzene rings is 1. The van der Waals surface area contributed by atoms with E-state index >= 15 is 0 Å². The quantitative estimate of drug-likeness (QED) is 0.844. The number of piperidine rings is 1.